The summed E-state index contributed by atoms with van der Waals surface area (Å²) in [6.07, 6.45) is 5.74. The molecule has 0 spiro atoms. The summed E-state index contributed by atoms with van der Waals surface area (Å²) in [5.41, 5.74) is 4.79. The minimum Gasteiger partial charge on any atom is -0.497 e. The predicted octanol–water partition coefficient (Wildman–Crippen LogP) is 2.89. The number of rotatable bonds is 5. The van der Waals surface area contributed by atoms with Crippen molar-refractivity contribution in [2.45, 2.75) is 12.5 Å². The minimum atomic E-state index is -0.256. The number of amides is 1. The van der Waals surface area contributed by atoms with Crippen LogP contribution in [0.1, 0.15) is 17.5 Å². The van der Waals surface area contributed by atoms with Gasteiger partial charge in [-0.25, -0.2) is 4.98 Å². The van der Waals surface area contributed by atoms with Crippen LogP contribution in [0.4, 0.5) is 0 Å². The first-order valence-corrected chi connectivity index (χ1v) is 10.6. The third-order valence-electron chi connectivity index (χ3n) is 5.81. The van der Waals surface area contributed by atoms with E-state index in [1.807, 2.05) is 52.9 Å². The Hall–Kier alpha value is -3.65. The van der Waals surface area contributed by atoms with Gasteiger partial charge in [-0.15, -0.1) is 0 Å². The number of benzene rings is 1. The molecule has 5 rings (SSSR count). The molecule has 8 heteroatoms. The van der Waals surface area contributed by atoms with Crippen LogP contribution in [0.2, 0.25) is 0 Å². The van der Waals surface area contributed by atoms with E-state index in [0.717, 1.165) is 33.8 Å². The first kappa shape index (κ1) is 20.3. The van der Waals surface area contributed by atoms with Crippen LogP contribution < -0.4 is 4.74 Å². The Morgan fingerprint density at radius 2 is 1.97 bits per heavy atom. The highest BCUT2D eigenvalue weighted by atomic mass is 16.5. The Balaban J connectivity index is 1.34. The Labute approximate surface area is 186 Å². The highest BCUT2D eigenvalue weighted by molar-refractivity contribution is 5.78. The second-order valence-corrected chi connectivity index (χ2v) is 7.93. The van der Waals surface area contributed by atoms with Crippen molar-refractivity contribution in [2.24, 2.45) is 7.05 Å². The zero-order chi connectivity index (χ0) is 22.1. The topological polar surface area (TPSA) is 73.9 Å². The molecule has 0 saturated carbocycles. The van der Waals surface area contributed by atoms with Crippen molar-refractivity contribution in [3.8, 4) is 16.9 Å². The molecule has 1 atom stereocenters. The Bertz CT molecular complexity index is 1240. The molecular weight excluding hydrogens is 406 g/mol. The molecule has 0 bridgehead atoms. The molecule has 1 aliphatic heterocycles. The number of pyridine rings is 1. The minimum absolute atomic E-state index is 0.0577. The summed E-state index contributed by atoms with van der Waals surface area (Å²) in [4.78, 5) is 19.3. The Kier molecular flexibility index (Phi) is 5.36. The molecule has 3 aromatic heterocycles. The number of aryl methyl sites for hydroxylation is 1. The molecule has 1 saturated heterocycles. The van der Waals surface area contributed by atoms with Gasteiger partial charge in [0.15, 0.2) is 0 Å². The number of morpholine rings is 1. The van der Waals surface area contributed by atoms with Crippen LogP contribution in [-0.2, 0) is 23.0 Å². The van der Waals surface area contributed by atoms with Crippen molar-refractivity contribution < 1.29 is 14.3 Å². The first-order valence-electron chi connectivity index (χ1n) is 10.6. The number of nitrogens with zero attached hydrogens (tertiary/aromatic N) is 5. The zero-order valence-corrected chi connectivity index (χ0v) is 18.1. The van der Waals surface area contributed by atoms with Crippen LogP contribution in [-0.4, -0.2) is 56.8 Å². The predicted molar refractivity (Wildman–Crippen MR) is 119 cm³/mol. The SMILES string of the molecule is COc1ccc(-c2ccc3c([C@H]4CN(C(=O)Cc5ccn(C)n5)CCO4)ncn3c2)cc1. The molecule has 1 fully saturated rings. The van der Waals surface area contributed by atoms with Gasteiger partial charge in [0, 0.05) is 26.0 Å². The average molecular weight is 431 g/mol. The number of methoxy groups -OCH3 is 1. The summed E-state index contributed by atoms with van der Waals surface area (Å²) in [6.45, 7) is 1.55. The number of hydrogen-bond donors (Lipinski definition) is 0. The summed E-state index contributed by atoms with van der Waals surface area (Å²) >= 11 is 0. The monoisotopic (exact) mass is 431 g/mol. The quantitative estimate of drug-likeness (QED) is 0.486. The van der Waals surface area contributed by atoms with Gasteiger partial charge >= 0.3 is 0 Å². The summed E-state index contributed by atoms with van der Waals surface area (Å²) < 4.78 is 15.0. The Morgan fingerprint density at radius 1 is 1.16 bits per heavy atom. The van der Waals surface area contributed by atoms with Gasteiger partial charge in [0.05, 0.1) is 49.9 Å². The molecule has 0 radical (unpaired) electrons. The normalized spacial score (nSPS) is 16.4. The fraction of sp³-hybridized carbons (Fsp3) is 0.292. The lowest BCUT2D eigenvalue weighted by Crippen LogP contribution is -2.43. The van der Waals surface area contributed by atoms with Crippen molar-refractivity contribution in [3.05, 3.63) is 72.6 Å². The number of hydrogen-bond acceptors (Lipinski definition) is 5. The van der Waals surface area contributed by atoms with Gasteiger partial charge in [-0.1, -0.05) is 18.2 Å². The lowest BCUT2D eigenvalue weighted by Gasteiger charge is -2.32. The third kappa shape index (κ3) is 3.97. The summed E-state index contributed by atoms with van der Waals surface area (Å²) in [5.74, 6) is 0.888. The summed E-state index contributed by atoms with van der Waals surface area (Å²) in [5, 5.41) is 4.31. The lowest BCUT2D eigenvalue weighted by molar-refractivity contribution is -0.138. The molecule has 0 N–H and O–H groups in total. The van der Waals surface area contributed by atoms with E-state index in [2.05, 4.69) is 28.4 Å². The van der Waals surface area contributed by atoms with Gasteiger partial charge in [-0.3, -0.25) is 9.48 Å². The van der Waals surface area contributed by atoms with Gasteiger partial charge in [0.1, 0.15) is 11.9 Å². The maximum atomic E-state index is 12.8. The van der Waals surface area contributed by atoms with Crippen LogP contribution >= 0.6 is 0 Å². The van der Waals surface area contributed by atoms with Gasteiger partial charge < -0.3 is 18.8 Å². The van der Waals surface area contributed by atoms with Gasteiger partial charge in [0.25, 0.3) is 0 Å². The van der Waals surface area contributed by atoms with E-state index in [-0.39, 0.29) is 12.0 Å². The number of ether oxygens (including phenoxy) is 2. The number of fused-ring (bicyclic) bond motifs is 1. The van der Waals surface area contributed by atoms with E-state index >= 15 is 0 Å². The molecule has 164 valence electrons. The lowest BCUT2D eigenvalue weighted by atomic mass is 10.1. The smallest absolute Gasteiger partial charge is 0.228 e. The van der Waals surface area contributed by atoms with E-state index < -0.39 is 0 Å². The molecule has 1 amide bonds. The highest BCUT2D eigenvalue weighted by Gasteiger charge is 2.28. The molecule has 8 nitrogen and oxygen atoms in total. The Morgan fingerprint density at radius 3 is 2.72 bits per heavy atom. The second-order valence-electron chi connectivity index (χ2n) is 7.93. The molecule has 0 aliphatic carbocycles. The fourth-order valence-electron chi connectivity index (χ4n) is 4.09. The van der Waals surface area contributed by atoms with Gasteiger partial charge in [-0.2, -0.15) is 5.10 Å². The van der Waals surface area contributed by atoms with Crippen LogP contribution in [0.5, 0.6) is 5.75 Å². The number of carbonyl (C=O) groups excluding carboxylic acids is 1. The van der Waals surface area contributed by atoms with E-state index in [0.29, 0.717) is 26.1 Å². The third-order valence-corrected chi connectivity index (χ3v) is 5.81. The van der Waals surface area contributed by atoms with Crippen molar-refractivity contribution in [1.82, 2.24) is 24.1 Å². The second kappa shape index (κ2) is 8.47. The van der Waals surface area contributed by atoms with Gasteiger partial charge in [0.2, 0.25) is 5.91 Å². The van der Waals surface area contributed by atoms with E-state index in [9.17, 15) is 4.79 Å². The molecule has 1 aliphatic rings. The van der Waals surface area contributed by atoms with Crippen molar-refractivity contribution in [1.29, 1.82) is 0 Å². The van der Waals surface area contributed by atoms with Crippen LogP contribution in [0, 0.1) is 0 Å². The molecule has 4 aromatic rings. The van der Waals surface area contributed by atoms with Crippen LogP contribution in [0.3, 0.4) is 0 Å². The first-order chi connectivity index (χ1) is 15.6. The largest absolute Gasteiger partial charge is 0.497 e. The summed E-state index contributed by atoms with van der Waals surface area (Å²) in [7, 11) is 3.51. The highest BCUT2D eigenvalue weighted by Crippen LogP contribution is 2.28. The number of aromatic nitrogens is 4. The molecular formula is C24H25N5O3. The molecule has 0 unspecified atom stereocenters. The maximum Gasteiger partial charge on any atom is 0.228 e. The standard InChI is InChI=1S/C24H25N5O3/c1-27-10-9-19(26-27)13-23(30)28-11-12-32-22(15-28)24-21-8-5-18(14-29(21)16-25-24)17-3-6-20(31-2)7-4-17/h3-10,14,16,22H,11-13,15H2,1-2H3/t22-/m1/s1. The molecule has 32 heavy (non-hydrogen) atoms. The van der Waals surface area contributed by atoms with Crippen molar-refractivity contribution in [2.75, 3.05) is 26.8 Å². The van der Waals surface area contributed by atoms with E-state index in [1.165, 1.54) is 0 Å². The molecule has 4 heterocycles. The fourth-order valence-corrected chi connectivity index (χ4v) is 4.09. The van der Waals surface area contributed by atoms with Crippen LogP contribution in [0.25, 0.3) is 16.6 Å². The van der Waals surface area contributed by atoms with E-state index in [4.69, 9.17) is 9.47 Å². The number of carbonyl (C=O) groups is 1. The van der Waals surface area contributed by atoms with Crippen molar-refractivity contribution >= 4 is 11.4 Å². The molecule has 1 aromatic carbocycles. The van der Waals surface area contributed by atoms with E-state index in [1.54, 1.807) is 18.1 Å². The average Bonchev–Trinajstić information content (AvgIpc) is 3.44. The zero-order valence-electron chi connectivity index (χ0n) is 18.1. The van der Waals surface area contributed by atoms with Crippen LogP contribution in [0.15, 0.2) is 61.2 Å². The maximum absolute atomic E-state index is 12.8. The van der Waals surface area contributed by atoms with Gasteiger partial charge in [-0.05, 0) is 35.4 Å². The number of imidazole rings is 1. The summed E-state index contributed by atoms with van der Waals surface area (Å²) in [6, 6.07) is 14.0. The van der Waals surface area contributed by atoms with Crippen molar-refractivity contribution in [3.63, 3.8) is 0 Å².